The topological polar surface area (TPSA) is 81.2 Å². The number of rotatable bonds is 4. The average molecular weight is 331 g/mol. The van der Waals surface area contributed by atoms with Crippen LogP contribution in [0.15, 0.2) is 75.9 Å². The van der Waals surface area contributed by atoms with Crippen molar-refractivity contribution in [3.63, 3.8) is 0 Å². The van der Waals surface area contributed by atoms with Gasteiger partial charge in [0.05, 0.1) is 6.26 Å². The Balaban J connectivity index is 1.54. The predicted molar refractivity (Wildman–Crippen MR) is 93.6 cm³/mol. The van der Waals surface area contributed by atoms with E-state index < -0.39 is 0 Å². The Hall–Kier alpha value is -3.67. The van der Waals surface area contributed by atoms with Crippen molar-refractivity contribution in [3.8, 4) is 11.5 Å². The number of carbonyl (C=O) groups is 1. The molecule has 4 rings (SSSR count). The van der Waals surface area contributed by atoms with Crippen LogP contribution in [-0.4, -0.2) is 15.9 Å². The third kappa shape index (κ3) is 3.32. The first-order chi connectivity index (χ1) is 12.3. The summed E-state index contributed by atoms with van der Waals surface area (Å²) in [5, 5.41) is 2.80. The van der Waals surface area contributed by atoms with Crippen LogP contribution in [-0.2, 0) is 4.79 Å². The van der Waals surface area contributed by atoms with Crippen LogP contribution in [0.2, 0.25) is 0 Å². The number of carbonyl (C=O) groups excluding carboxylic acids is 1. The molecule has 122 valence electrons. The molecule has 1 amide bonds. The molecule has 0 saturated carbocycles. The fraction of sp³-hybridized carbons (Fsp3) is 0. The van der Waals surface area contributed by atoms with E-state index in [1.54, 1.807) is 48.9 Å². The van der Waals surface area contributed by atoms with Gasteiger partial charge in [-0.05, 0) is 48.5 Å². The van der Waals surface area contributed by atoms with Gasteiger partial charge in [-0.1, -0.05) is 6.07 Å². The van der Waals surface area contributed by atoms with Crippen molar-refractivity contribution in [1.29, 1.82) is 0 Å². The molecule has 1 N–H and O–H groups in total. The van der Waals surface area contributed by atoms with E-state index in [1.165, 1.54) is 6.08 Å². The number of hydrogen-bond acceptors (Lipinski definition) is 5. The minimum atomic E-state index is -0.257. The fourth-order valence-corrected chi connectivity index (χ4v) is 2.35. The van der Waals surface area contributed by atoms with Crippen LogP contribution in [0.4, 0.5) is 5.69 Å². The second-order valence-electron chi connectivity index (χ2n) is 5.26. The van der Waals surface area contributed by atoms with Gasteiger partial charge in [-0.3, -0.25) is 4.79 Å². The average Bonchev–Trinajstić information content (AvgIpc) is 3.29. The summed E-state index contributed by atoms with van der Waals surface area (Å²) in [5.74, 6) is 0.812. The lowest BCUT2D eigenvalue weighted by Gasteiger charge is -2.03. The molecule has 0 unspecified atom stereocenters. The lowest BCUT2D eigenvalue weighted by molar-refractivity contribution is -0.111. The quantitative estimate of drug-likeness (QED) is 0.569. The van der Waals surface area contributed by atoms with Crippen molar-refractivity contribution in [2.45, 2.75) is 0 Å². The third-order valence-electron chi connectivity index (χ3n) is 3.48. The number of benzene rings is 1. The van der Waals surface area contributed by atoms with Crippen LogP contribution in [0, 0.1) is 0 Å². The van der Waals surface area contributed by atoms with Crippen LogP contribution in [0.3, 0.4) is 0 Å². The Kier molecular flexibility index (Phi) is 3.84. The molecule has 1 aromatic carbocycles. The van der Waals surface area contributed by atoms with Gasteiger partial charge in [0.25, 0.3) is 0 Å². The first-order valence-electron chi connectivity index (χ1n) is 7.62. The minimum absolute atomic E-state index is 0.257. The van der Waals surface area contributed by atoms with Gasteiger partial charge in [0.15, 0.2) is 11.2 Å². The van der Waals surface area contributed by atoms with Gasteiger partial charge in [-0.2, -0.15) is 4.98 Å². The second kappa shape index (κ2) is 6.45. The molecular formula is C19H13N3O3. The van der Waals surface area contributed by atoms with Gasteiger partial charge in [0, 0.05) is 23.5 Å². The number of amides is 1. The molecular weight excluding hydrogens is 318 g/mol. The van der Waals surface area contributed by atoms with Crippen LogP contribution in [0.25, 0.3) is 28.8 Å². The number of furan rings is 1. The number of nitrogens with zero attached hydrogens (tertiary/aromatic N) is 2. The monoisotopic (exact) mass is 331 g/mol. The summed E-state index contributed by atoms with van der Waals surface area (Å²) < 4.78 is 10.8. The molecule has 25 heavy (non-hydrogen) atoms. The lowest BCUT2D eigenvalue weighted by atomic mass is 10.2. The molecule has 0 saturated heterocycles. The summed E-state index contributed by atoms with van der Waals surface area (Å²) in [5.41, 5.74) is 2.56. The number of oxazole rings is 1. The van der Waals surface area contributed by atoms with Crippen molar-refractivity contribution < 1.29 is 13.6 Å². The molecule has 0 aliphatic heterocycles. The van der Waals surface area contributed by atoms with Gasteiger partial charge in [0.1, 0.15) is 5.76 Å². The highest BCUT2D eigenvalue weighted by Gasteiger charge is 2.09. The maximum Gasteiger partial charge on any atom is 0.248 e. The normalized spacial score (nSPS) is 11.2. The Bertz CT molecular complexity index is 1020. The SMILES string of the molecule is O=C(C=Cc1ccco1)Nc1cccc(-c2nc3ncccc3o2)c1. The smallest absolute Gasteiger partial charge is 0.248 e. The summed E-state index contributed by atoms with van der Waals surface area (Å²) in [4.78, 5) is 20.5. The van der Waals surface area contributed by atoms with Crippen molar-refractivity contribution in [3.05, 3.63) is 72.8 Å². The van der Waals surface area contributed by atoms with E-state index in [0.29, 0.717) is 28.6 Å². The van der Waals surface area contributed by atoms with Gasteiger partial charge in [-0.25, -0.2) is 4.98 Å². The van der Waals surface area contributed by atoms with E-state index in [-0.39, 0.29) is 5.91 Å². The highest BCUT2D eigenvalue weighted by Crippen LogP contribution is 2.25. The van der Waals surface area contributed by atoms with Crippen LogP contribution in [0.5, 0.6) is 0 Å². The van der Waals surface area contributed by atoms with E-state index in [9.17, 15) is 4.79 Å². The first kappa shape index (κ1) is 14.9. The molecule has 6 nitrogen and oxygen atoms in total. The third-order valence-corrected chi connectivity index (χ3v) is 3.48. The summed E-state index contributed by atoms with van der Waals surface area (Å²) in [6.07, 6.45) is 6.23. The van der Waals surface area contributed by atoms with Crippen LogP contribution < -0.4 is 5.32 Å². The summed E-state index contributed by atoms with van der Waals surface area (Å²) in [6.45, 7) is 0. The van der Waals surface area contributed by atoms with Crippen LogP contribution >= 0.6 is 0 Å². The maximum atomic E-state index is 12.0. The molecule has 6 heteroatoms. The van der Waals surface area contributed by atoms with Gasteiger partial charge < -0.3 is 14.2 Å². The zero-order chi connectivity index (χ0) is 17.1. The largest absolute Gasteiger partial charge is 0.465 e. The summed E-state index contributed by atoms with van der Waals surface area (Å²) in [6, 6.07) is 14.4. The predicted octanol–water partition coefficient (Wildman–Crippen LogP) is 4.13. The highest BCUT2D eigenvalue weighted by molar-refractivity contribution is 6.02. The Morgan fingerprint density at radius 1 is 1.12 bits per heavy atom. The second-order valence-corrected chi connectivity index (χ2v) is 5.26. The molecule has 0 aliphatic carbocycles. The van der Waals surface area contributed by atoms with Gasteiger partial charge >= 0.3 is 0 Å². The number of pyridine rings is 1. The van der Waals surface area contributed by atoms with Crippen molar-refractivity contribution in [1.82, 2.24) is 9.97 Å². The molecule has 3 aromatic heterocycles. The number of fused-ring (bicyclic) bond motifs is 1. The Labute approximate surface area is 142 Å². The zero-order valence-corrected chi connectivity index (χ0v) is 13.0. The Morgan fingerprint density at radius 3 is 2.92 bits per heavy atom. The number of hydrogen-bond donors (Lipinski definition) is 1. The van der Waals surface area contributed by atoms with E-state index in [0.717, 1.165) is 5.56 Å². The molecule has 3 heterocycles. The minimum Gasteiger partial charge on any atom is -0.465 e. The first-order valence-corrected chi connectivity index (χ1v) is 7.62. The number of aromatic nitrogens is 2. The summed E-state index contributed by atoms with van der Waals surface area (Å²) >= 11 is 0. The van der Waals surface area contributed by atoms with E-state index in [4.69, 9.17) is 8.83 Å². The molecule has 0 radical (unpaired) electrons. The van der Waals surface area contributed by atoms with E-state index in [1.807, 2.05) is 18.2 Å². The fourth-order valence-electron chi connectivity index (χ4n) is 2.35. The molecule has 0 fully saturated rings. The van der Waals surface area contributed by atoms with Gasteiger partial charge in [-0.15, -0.1) is 0 Å². The Morgan fingerprint density at radius 2 is 2.08 bits per heavy atom. The van der Waals surface area contributed by atoms with E-state index in [2.05, 4.69) is 15.3 Å². The number of anilines is 1. The number of nitrogens with one attached hydrogen (secondary N) is 1. The molecule has 4 aromatic rings. The lowest BCUT2D eigenvalue weighted by Crippen LogP contribution is -2.07. The summed E-state index contributed by atoms with van der Waals surface area (Å²) in [7, 11) is 0. The molecule has 0 spiro atoms. The van der Waals surface area contributed by atoms with Crippen LogP contribution in [0.1, 0.15) is 5.76 Å². The zero-order valence-electron chi connectivity index (χ0n) is 13.0. The maximum absolute atomic E-state index is 12.0. The van der Waals surface area contributed by atoms with Crippen molar-refractivity contribution in [2.24, 2.45) is 0 Å². The highest BCUT2D eigenvalue weighted by atomic mass is 16.3. The molecule has 0 atom stereocenters. The molecule has 0 bridgehead atoms. The van der Waals surface area contributed by atoms with Crippen molar-refractivity contribution >= 4 is 28.9 Å². The van der Waals surface area contributed by atoms with E-state index >= 15 is 0 Å². The molecule has 0 aliphatic rings. The van der Waals surface area contributed by atoms with Crippen molar-refractivity contribution in [2.75, 3.05) is 5.32 Å². The van der Waals surface area contributed by atoms with Gasteiger partial charge in [0.2, 0.25) is 11.8 Å². The standard InChI is InChI=1S/C19H13N3O3/c23-17(9-8-15-6-3-11-24-15)21-14-5-1-4-13(12-14)19-22-18-16(25-19)7-2-10-20-18/h1-12H,(H,21,23).